The molecular formula is C15H17BrINO. The highest BCUT2D eigenvalue weighted by molar-refractivity contribution is 14.1. The molecule has 0 saturated carbocycles. The van der Waals surface area contributed by atoms with Crippen LogP contribution in [0, 0.1) is 3.57 Å². The molecule has 1 unspecified atom stereocenters. The van der Waals surface area contributed by atoms with Gasteiger partial charge in [-0.25, -0.2) is 0 Å². The van der Waals surface area contributed by atoms with E-state index in [0.717, 1.165) is 29.6 Å². The van der Waals surface area contributed by atoms with E-state index in [-0.39, 0.29) is 6.04 Å². The lowest BCUT2D eigenvalue weighted by Gasteiger charge is -2.19. The number of hydrogen-bond donors (Lipinski definition) is 1. The van der Waals surface area contributed by atoms with Crippen molar-refractivity contribution in [2.45, 2.75) is 25.8 Å². The summed E-state index contributed by atoms with van der Waals surface area (Å²) in [5, 5.41) is 3.61. The molecule has 1 heterocycles. The minimum atomic E-state index is 0.287. The molecule has 0 aliphatic carbocycles. The molecule has 1 N–H and O–H groups in total. The van der Waals surface area contributed by atoms with E-state index in [0.29, 0.717) is 0 Å². The molecule has 0 saturated heterocycles. The molecule has 0 fully saturated rings. The minimum absolute atomic E-state index is 0.287. The quantitative estimate of drug-likeness (QED) is 0.653. The van der Waals surface area contributed by atoms with Gasteiger partial charge in [-0.3, -0.25) is 0 Å². The van der Waals surface area contributed by atoms with Crippen molar-refractivity contribution < 1.29 is 4.42 Å². The van der Waals surface area contributed by atoms with Crippen LogP contribution in [0.15, 0.2) is 45.5 Å². The Hall–Kier alpha value is -0.330. The first-order valence-corrected chi connectivity index (χ1v) is 8.28. The Bertz CT molecular complexity index is 513. The summed E-state index contributed by atoms with van der Waals surface area (Å²) in [5.74, 6) is 1.02. The van der Waals surface area contributed by atoms with E-state index in [1.807, 2.05) is 12.1 Å². The second-order valence-electron chi connectivity index (χ2n) is 4.46. The third kappa shape index (κ3) is 4.33. The molecule has 0 aliphatic heterocycles. The summed E-state index contributed by atoms with van der Waals surface area (Å²) in [6.45, 7) is 3.19. The maximum absolute atomic E-state index is 5.48. The summed E-state index contributed by atoms with van der Waals surface area (Å²) >= 11 is 5.95. The SMILES string of the molecule is CCCNC(Cc1ccco1)c1cc(Br)ccc1I. The lowest BCUT2D eigenvalue weighted by Crippen LogP contribution is -2.24. The highest BCUT2D eigenvalue weighted by Crippen LogP contribution is 2.27. The average molecular weight is 434 g/mol. The van der Waals surface area contributed by atoms with E-state index in [2.05, 4.69) is 69.0 Å². The Morgan fingerprint density at radius 1 is 1.37 bits per heavy atom. The van der Waals surface area contributed by atoms with E-state index in [1.165, 1.54) is 9.13 Å². The van der Waals surface area contributed by atoms with Crippen LogP contribution in [-0.4, -0.2) is 6.54 Å². The van der Waals surface area contributed by atoms with Crippen LogP contribution in [0.25, 0.3) is 0 Å². The second-order valence-corrected chi connectivity index (χ2v) is 6.53. The van der Waals surface area contributed by atoms with Crippen molar-refractivity contribution >= 4 is 38.5 Å². The Morgan fingerprint density at radius 3 is 2.89 bits per heavy atom. The van der Waals surface area contributed by atoms with Crippen LogP contribution in [0.2, 0.25) is 0 Å². The number of nitrogens with one attached hydrogen (secondary N) is 1. The first-order valence-electron chi connectivity index (χ1n) is 6.41. The van der Waals surface area contributed by atoms with Gasteiger partial charge >= 0.3 is 0 Å². The molecule has 19 heavy (non-hydrogen) atoms. The predicted octanol–water partition coefficient (Wildman–Crippen LogP) is 4.93. The van der Waals surface area contributed by atoms with Crippen LogP contribution < -0.4 is 5.32 Å². The van der Waals surface area contributed by atoms with Gasteiger partial charge in [-0.1, -0.05) is 22.9 Å². The van der Waals surface area contributed by atoms with Gasteiger partial charge < -0.3 is 9.73 Å². The first-order chi connectivity index (χ1) is 9.20. The Morgan fingerprint density at radius 2 is 2.21 bits per heavy atom. The molecule has 1 aromatic heterocycles. The number of benzene rings is 1. The number of furan rings is 1. The third-order valence-corrected chi connectivity index (χ3v) is 4.44. The summed E-state index contributed by atoms with van der Waals surface area (Å²) in [6.07, 6.45) is 3.73. The molecule has 0 amide bonds. The van der Waals surface area contributed by atoms with E-state index >= 15 is 0 Å². The molecular weight excluding hydrogens is 417 g/mol. The highest BCUT2D eigenvalue weighted by atomic mass is 127. The van der Waals surface area contributed by atoms with Crippen molar-refractivity contribution in [1.29, 1.82) is 0 Å². The van der Waals surface area contributed by atoms with Crippen molar-refractivity contribution in [3.63, 3.8) is 0 Å². The zero-order chi connectivity index (χ0) is 13.7. The van der Waals surface area contributed by atoms with E-state index < -0.39 is 0 Å². The molecule has 0 bridgehead atoms. The maximum atomic E-state index is 5.48. The maximum Gasteiger partial charge on any atom is 0.105 e. The topological polar surface area (TPSA) is 25.2 Å². The third-order valence-electron chi connectivity index (χ3n) is 2.96. The fraction of sp³-hybridized carbons (Fsp3) is 0.333. The van der Waals surface area contributed by atoms with E-state index in [1.54, 1.807) is 6.26 Å². The Labute approximate surface area is 136 Å². The van der Waals surface area contributed by atoms with Gasteiger partial charge in [0.25, 0.3) is 0 Å². The summed E-state index contributed by atoms with van der Waals surface area (Å²) in [4.78, 5) is 0. The normalized spacial score (nSPS) is 12.6. The second kappa shape index (κ2) is 7.45. The molecule has 0 spiro atoms. The Kier molecular flexibility index (Phi) is 5.91. The molecule has 0 radical (unpaired) electrons. The molecule has 2 nitrogen and oxygen atoms in total. The van der Waals surface area contributed by atoms with Crippen LogP contribution in [0.3, 0.4) is 0 Å². The van der Waals surface area contributed by atoms with Gasteiger partial charge in [-0.15, -0.1) is 0 Å². The first kappa shape index (κ1) is 15.1. The van der Waals surface area contributed by atoms with Gasteiger partial charge in [-0.2, -0.15) is 0 Å². The van der Waals surface area contributed by atoms with Crippen molar-refractivity contribution in [2.24, 2.45) is 0 Å². The zero-order valence-corrected chi connectivity index (χ0v) is 14.6. The van der Waals surface area contributed by atoms with Crippen molar-refractivity contribution in [2.75, 3.05) is 6.54 Å². The number of rotatable bonds is 6. The highest BCUT2D eigenvalue weighted by Gasteiger charge is 2.16. The minimum Gasteiger partial charge on any atom is -0.469 e. The van der Waals surface area contributed by atoms with Gasteiger partial charge in [0, 0.05) is 20.5 Å². The van der Waals surface area contributed by atoms with Crippen LogP contribution in [0.1, 0.15) is 30.7 Å². The van der Waals surface area contributed by atoms with Gasteiger partial charge in [0.1, 0.15) is 5.76 Å². The summed E-state index contributed by atoms with van der Waals surface area (Å²) in [5.41, 5.74) is 1.32. The molecule has 0 aliphatic rings. The molecule has 102 valence electrons. The van der Waals surface area contributed by atoms with Crippen molar-refractivity contribution in [3.05, 3.63) is 56.0 Å². The molecule has 1 atom stereocenters. The molecule has 2 rings (SSSR count). The van der Waals surface area contributed by atoms with Gasteiger partial charge in [0.2, 0.25) is 0 Å². The van der Waals surface area contributed by atoms with Crippen LogP contribution in [0.4, 0.5) is 0 Å². The van der Waals surface area contributed by atoms with Crippen LogP contribution >= 0.6 is 38.5 Å². The number of hydrogen-bond acceptors (Lipinski definition) is 2. The summed E-state index contributed by atoms with van der Waals surface area (Å²) in [7, 11) is 0. The van der Waals surface area contributed by atoms with E-state index in [4.69, 9.17) is 4.42 Å². The van der Waals surface area contributed by atoms with Crippen LogP contribution in [-0.2, 0) is 6.42 Å². The smallest absolute Gasteiger partial charge is 0.105 e. The Balaban J connectivity index is 2.23. The van der Waals surface area contributed by atoms with Crippen molar-refractivity contribution in [3.8, 4) is 0 Å². The lowest BCUT2D eigenvalue weighted by atomic mass is 10.0. The number of halogens is 2. The molecule has 4 heteroatoms. The predicted molar refractivity (Wildman–Crippen MR) is 90.3 cm³/mol. The summed E-state index contributed by atoms with van der Waals surface area (Å²) in [6, 6.07) is 10.7. The largest absolute Gasteiger partial charge is 0.469 e. The average Bonchev–Trinajstić information content (AvgIpc) is 2.90. The summed E-state index contributed by atoms with van der Waals surface area (Å²) < 4.78 is 7.88. The fourth-order valence-electron chi connectivity index (χ4n) is 2.02. The standard InChI is InChI=1S/C15H17BrINO/c1-2-7-18-15(10-12-4-3-8-19-12)13-9-11(16)5-6-14(13)17/h3-6,8-9,15,18H,2,7,10H2,1H3. The molecule has 1 aromatic carbocycles. The fourth-order valence-corrected chi connectivity index (χ4v) is 3.11. The molecule has 2 aromatic rings. The lowest BCUT2D eigenvalue weighted by molar-refractivity contribution is 0.448. The zero-order valence-electron chi connectivity index (χ0n) is 10.8. The monoisotopic (exact) mass is 433 g/mol. The van der Waals surface area contributed by atoms with Crippen molar-refractivity contribution in [1.82, 2.24) is 5.32 Å². The van der Waals surface area contributed by atoms with Gasteiger partial charge in [0.05, 0.1) is 6.26 Å². The van der Waals surface area contributed by atoms with E-state index in [9.17, 15) is 0 Å². The van der Waals surface area contributed by atoms with Gasteiger partial charge in [-0.05, 0) is 71.5 Å². The van der Waals surface area contributed by atoms with Gasteiger partial charge in [0.15, 0.2) is 0 Å². The van der Waals surface area contributed by atoms with Crippen LogP contribution in [0.5, 0.6) is 0 Å².